The molecule has 0 aliphatic heterocycles. The Morgan fingerprint density at radius 1 is 1.38 bits per heavy atom. The molecule has 0 radical (unpaired) electrons. The fourth-order valence-electron chi connectivity index (χ4n) is 2.19. The maximum Gasteiger partial charge on any atom is 0.260 e. The minimum Gasteiger partial charge on any atom is -0.484 e. The lowest BCUT2D eigenvalue weighted by molar-refractivity contribution is -0.132. The van der Waals surface area contributed by atoms with Crippen LogP contribution in [0.3, 0.4) is 0 Å². The van der Waals surface area contributed by atoms with E-state index in [2.05, 4.69) is 24.4 Å². The van der Waals surface area contributed by atoms with Gasteiger partial charge in [-0.25, -0.2) is 0 Å². The zero-order valence-corrected chi connectivity index (χ0v) is 13.3. The van der Waals surface area contributed by atoms with Crippen molar-refractivity contribution in [2.24, 2.45) is 0 Å². The molecule has 1 amide bonds. The molecule has 1 aromatic carbocycles. The Morgan fingerprint density at radius 3 is 2.62 bits per heavy atom. The smallest absolute Gasteiger partial charge is 0.260 e. The fourth-order valence-corrected chi connectivity index (χ4v) is 2.19. The van der Waals surface area contributed by atoms with E-state index in [0.717, 1.165) is 31.4 Å². The molecule has 21 heavy (non-hydrogen) atoms. The second kappa shape index (κ2) is 7.46. The number of nitrogens with zero attached hydrogens (tertiary/aromatic N) is 1. The number of amides is 1. The molecule has 1 unspecified atom stereocenters. The zero-order chi connectivity index (χ0) is 15.2. The van der Waals surface area contributed by atoms with Gasteiger partial charge in [0.2, 0.25) is 0 Å². The van der Waals surface area contributed by atoms with Crippen LogP contribution in [0.25, 0.3) is 0 Å². The molecule has 1 N–H and O–H groups in total. The van der Waals surface area contributed by atoms with Crippen LogP contribution in [0.2, 0.25) is 0 Å². The van der Waals surface area contributed by atoms with E-state index in [4.69, 9.17) is 4.74 Å². The van der Waals surface area contributed by atoms with Crippen LogP contribution in [-0.2, 0) is 11.2 Å². The van der Waals surface area contributed by atoms with E-state index in [1.807, 2.05) is 26.2 Å². The quantitative estimate of drug-likeness (QED) is 0.798. The zero-order valence-electron chi connectivity index (χ0n) is 13.3. The highest BCUT2D eigenvalue weighted by Crippen LogP contribution is 2.25. The van der Waals surface area contributed by atoms with Crippen molar-refractivity contribution in [2.75, 3.05) is 20.7 Å². The maximum absolute atomic E-state index is 11.9. The molecule has 1 aromatic rings. The van der Waals surface area contributed by atoms with Gasteiger partial charge in [-0.1, -0.05) is 12.1 Å². The molecule has 0 heterocycles. The third-order valence-electron chi connectivity index (χ3n) is 4.13. The van der Waals surface area contributed by atoms with Crippen LogP contribution >= 0.6 is 0 Å². The number of aryl methyl sites for hydroxylation is 1. The number of benzene rings is 1. The van der Waals surface area contributed by atoms with Crippen LogP contribution in [0.4, 0.5) is 0 Å². The molecule has 1 aliphatic carbocycles. The highest BCUT2D eigenvalue weighted by atomic mass is 16.5. The molecule has 1 aliphatic rings. The van der Waals surface area contributed by atoms with E-state index in [1.165, 1.54) is 5.56 Å². The molecule has 1 fully saturated rings. The highest BCUT2D eigenvalue weighted by molar-refractivity contribution is 5.78. The Morgan fingerprint density at radius 2 is 2.05 bits per heavy atom. The number of likely N-dealkylation sites (N-methyl/N-ethyl adjacent to an activating group) is 1. The van der Waals surface area contributed by atoms with E-state index >= 15 is 0 Å². The number of hydrogen-bond acceptors (Lipinski definition) is 3. The predicted molar refractivity (Wildman–Crippen MR) is 84.6 cm³/mol. The van der Waals surface area contributed by atoms with E-state index in [1.54, 1.807) is 4.90 Å². The summed E-state index contributed by atoms with van der Waals surface area (Å²) in [5.41, 5.74) is 1.30. The molecule has 0 bridgehead atoms. The van der Waals surface area contributed by atoms with Crippen LogP contribution in [0.1, 0.15) is 31.7 Å². The summed E-state index contributed by atoms with van der Waals surface area (Å²) in [6.45, 7) is 2.31. The topological polar surface area (TPSA) is 41.6 Å². The highest BCUT2D eigenvalue weighted by Gasteiger charge is 2.29. The molecule has 0 saturated heterocycles. The van der Waals surface area contributed by atoms with Crippen LogP contribution in [-0.4, -0.2) is 43.6 Å². The van der Waals surface area contributed by atoms with Crippen molar-refractivity contribution < 1.29 is 9.53 Å². The largest absolute Gasteiger partial charge is 0.484 e. The summed E-state index contributed by atoms with van der Waals surface area (Å²) in [6.07, 6.45) is 4.41. The summed E-state index contributed by atoms with van der Waals surface area (Å²) >= 11 is 0. The van der Waals surface area contributed by atoms with Crippen LogP contribution in [0, 0.1) is 0 Å². The third-order valence-corrected chi connectivity index (χ3v) is 4.13. The van der Waals surface area contributed by atoms with Crippen molar-refractivity contribution >= 4 is 5.91 Å². The average molecular weight is 290 g/mol. The van der Waals surface area contributed by atoms with Gasteiger partial charge in [-0.2, -0.15) is 0 Å². The minimum atomic E-state index is 0.0596. The first-order valence-corrected chi connectivity index (χ1v) is 7.75. The van der Waals surface area contributed by atoms with Crippen molar-refractivity contribution in [1.29, 1.82) is 0 Å². The van der Waals surface area contributed by atoms with Gasteiger partial charge in [0, 0.05) is 19.1 Å². The third kappa shape index (κ3) is 5.05. The van der Waals surface area contributed by atoms with Crippen molar-refractivity contribution in [1.82, 2.24) is 10.2 Å². The first-order chi connectivity index (χ1) is 10.1. The summed E-state index contributed by atoms with van der Waals surface area (Å²) in [5, 5.41) is 3.24. The standard InChI is InChI=1S/C17H26N2O2/c1-13(18-2)4-5-14-6-10-16(11-7-14)21-12-17(20)19(3)15-8-9-15/h6-7,10-11,13,15,18H,4-5,8-9,12H2,1-3H3. The Kier molecular flexibility index (Phi) is 5.62. The number of nitrogens with one attached hydrogen (secondary N) is 1. The summed E-state index contributed by atoms with van der Waals surface area (Å²) in [5.74, 6) is 0.822. The van der Waals surface area contributed by atoms with Gasteiger partial charge in [0.1, 0.15) is 5.75 Å². The molecule has 0 aromatic heterocycles. The van der Waals surface area contributed by atoms with E-state index < -0.39 is 0 Å². The minimum absolute atomic E-state index is 0.0596. The number of carbonyl (C=O) groups is 1. The fraction of sp³-hybridized carbons (Fsp3) is 0.588. The van der Waals surface area contributed by atoms with Gasteiger partial charge in [0.05, 0.1) is 0 Å². The molecule has 4 nitrogen and oxygen atoms in total. The molecule has 1 saturated carbocycles. The summed E-state index contributed by atoms with van der Waals surface area (Å²) in [4.78, 5) is 13.7. The first kappa shape index (κ1) is 15.8. The van der Waals surface area contributed by atoms with Gasteiger partial charge in [-0.15, -0.1) is 0 Å². The summed E-state index contributed by atoms with van der Waals surface area (Å²) in [7, 11) is 3.84. The number of hydrogen-bond donors (Lipinski definition) is 1. The SMILES string of the molecule is CNC(C)CCc1ccc(OCC(=O)N(C)C2CC2)cc1. The van der Waals surface area contributed by atoms with Gasteiger partial charge in [-0.3, -0.25) is 4.79 Å². The lowest BCUT2D eigenvalue weighted by Gasteiger charge is -2.16. The molecular weight excluding hydrogens is 264 g/mol. The van der Waals surface area contributed by atoms with Gasteiger partial charge < -0.3 is 15.0 Å². The van der Waals surface area contributed by atoms with E-state index in [9.17, 15) is 4.79 Å². The van der Waals surface area contributed by atoms with Crippen LogP contribution in [0.5, 0.6) is 5.75 Å². The van der Waals surface area contributed by atoms with Gasteiger partial charge >= 0.3 is 0 Å². The first-order valence-electron chi connectivity index (χ1n) is 7.75. The Hall–Kier alpha value is -1.55. The summed E-state index contributed by atoms with van der Waals surface area (Å²) in [6, 6.07) is 9.02. The van der Waals surface area contributed by atoms with Crippen molar-refractivity contribution in [2.45, 2.75) is 44.7 Å². The van der Waals surface area contributed by atoms with Gasteiger partial charge in [-0.05, 0) is 57.4 Å². The Labute approximate surface area is 127 Å². The lowest BCUT2D eigenvalue weighted by atomic mass is 10.1. The monoisotopic (exact) mass is 290 g/mol. The van der Waals surface area contributed by atoms with Crippen LogP contribution < -0.4 is 10.1 Å². The normalized spacial score (nSPS) is 15.6. The number of rotatable bonds is 8. The molecule has 4 heteroatoms. The van der Waals surface area contributed by atoms with Crippen LogP contribution in [0.15, 0.2) is 24.3 Å². The Bertz CT molecular complexity index is 454. The lowest BCUT2D eigenvalue weighted by Crippen LogP contribution is -2.33. The van der Waals surface area contributed by atoms with Gasteiger partial charge in [0.15, 0.2) is 6.61 Å². The Balaban J connectivity index is 1.75. The molecule has 1 atom stereocenters. The van der Waals surface area contributed by atoms with E-state index in [-0.39, 0.29) is 12.5 Å². The molecule has 116 valence electrons. The number of carbonyl (C=O) groups excluding carboxylic acids is 1. The van der Waals surface area contributed by atoms with Crippen molar-refractivity contribution in [3.8, 4) is 5.75 Å². The van der Waals surface area contributed by atoms with Gasteiger partial charge in [0.25, 0.3) is 5.91 Å². The molecule has 2 rings (SSSR count). The van der Waals surface area contributed by atoms with E-state index in [0.29, 0.717) is 12.1 Å². The maximum atomic E-state index is 11.9. The second-order valence-electron chi connectivity index (χ2n) is 5.90. The molecule has 0 spiro atoms. The number of ether oxygens (including phenoxy) is 1. The van der Waals surface area contributed by atoms with Crippen molar-refractivity contribution in [3.05, 3.63) is 29.8 Å². The predicted octanol–water partition coefficient (Wildman–Crippen LogP) is 2.23. The molecular formula is C17H26N2O2. The van der Waals surface area contributed by atoms with Crippen molar-refractivity contribution in [3.63, 3.8) is 0 Å². The summed E-state index contributed by atoms with van der Waals surface area (Å²) < 4.78 is 5.57. The second-order valence-corrected chi connectivity index (χ2v) is 5.90. The average Bonchev–Trinajstić information content (AvgIpc) is 3.35.